The molecule has 2 amide bonds. The molecule has 0 bridgehead atoms. The number of hydrogen-bond donors (Lipinski definition) is 1. The quantitative estimate of drug-likeness (QED) is 0.424. The Morgan fingerprint density at radius 3 is 2.59 bits per heavy atom. The van der Waals surface area contributed by atoms with Crippen molar-refractivity contribution in [2.45, 2.75) is 6.54 Å². The van der Waals surface area contributed by atoms with Crippen LogP contribution in [0.5, 0.6) is 0 Å². The first kappa shape index (κ1) is 22.3. The molecule has 9 nitrogen and oxygen atoms in total. The van der Waals surface area contributed by atoms with Gasteiger partial charge in [0.15, 0.2) is 5.76 Å². The van der Waals surface area contributed by atoms with Crippen molar-refractivity contribution in [1.82, 2.24) is 19.9 Å². The highest BCUT2D eigenvalue weighted by molar-refractivity contribution is 7.18. The number of nitrogens with zero attached hydrogens (tertiary/aromatic N) is 4. The zero-order chi connectivity index (χ0) is 23.5. The molecular weight excluding hydrogens is 478 g/mol. The van der Waals surface area contributed by atoms with Crippen LogP contribution in [0.2, 0.25) is 5.02 Å². The molecule has 4 aromatic rings. The Kier molecular flexibility index (Phi) is 6.43. The molecule has 1 aromatic carbocycles. The van der Waals surface area contributed by atoms with E-state index >= 15 is 0 Å². The monoisotopic (exact) mass is 497 g/mol. The minimum atomic E-state index is -0.347. The highest BCUT2D eigenvalue weighted by Crippen LogP contribution is 2.25. The van der Waals surface area contributed by atoms with Gasteiger partial charge in [-0.15, -0.1) is 11.3 Å². The van der Waals surface area contributed by atoms with Gasteiger partial charge in [0.1, 0.15) is 0 Å². The third-order valence-electron chi connectivity index (χ3n) is 5.39. The summed E-state index contributed by atoms with van der Waals surface area (Å²) in [5, 5.41) is 8.04. The van der Waals surface area contributed by atoms with E-state index in [9.17, 15) is 9.59 Å². The number of amides is 2. The van der Waals surface area contributed by atoms with Crippen molar-refractivity contribution in [3.05, 3.63) is 76.3 Å². The molecule has 3 aromatic heterocycles. The molecule has 1 aliphatic rings. The van der Waals surface area contributed by atoms with Crippen LogP contribution >= 0.6 is 22.9 Å². The van der Waals surface area contributed by atoms with Crippen molar-refractivity contribution in [2.75, 3.05) is 31.5 Å². The van der Waals surface area contributed by atoms with Gasteiger partial charge in [-0.3, -0.25) is 14.5 Å². The second-order valence-corrected chi connectivity index (χ2v) is 9.20. The smallest absolute Gasteiger partial charge is 0.291 e. The summed E-state index contributed by atoms with van der Waals surface area (Å²) in [5.74, 6) is 0.873. The minimum absolute atomic E-state index is 0.0500. The molecule has 5 rings (SSSR count). The lowest BCUT2D eigenvalue weighted by atomic mass is 10.2. The van der Waals surface area contributed by atoms with E-state index in [-0.39, 0.29) is 17.6 Å². The van der Waals surface area contributed by atoms with Crippen LogP contribution in [0.25, 0.3) is 11.4 Å². The highest BCUT2D eigenvalue weighted by Gasteiger charge is 2.25. The molecular formula is C23H20ClN5O4S. The lowest BCUT2D eigenvalue weighted by Gasteiger charge is -2.33. The summed E-state index contributed by atoms with van der Waals surface area (Å²) in [6, 6.07) is 14.0. The van der Waals surface area contributed by atoms with E-state index in [1.165, 1.54) is 17.6 Å². The lowest BCUT2D eigenvalue weighted by Crippen LogP contribution is -2.48. The van der Waals surface area contributed by atoms with Crippen molar-refractivity contribution >= 4 is 39.8 Å². The molecule has 0 spiro atoms. The number of anilines is 1. The molecule has 1 fully saturated rings. The maximum absolute atomic E-state index is 12.9. The standard InChI is InChI=1S/C23H20ClN5O4S/c24-16-5-3-15(4-6-16)21-25-19(33-27-21)14-28-9-11-29(12-10-28)23(31)18-7-8-20(34-18)26-22(30)17-2-1-13-32-17/h1-8,13H,9-12,14H2,(H,26,30). The van der Waals surface area contributed by atoms with Crippen LogP contribution in [0.3, 0.4) is 0 Å². The summed E-state index contributed by atoms with van der Waals surface area (Å²) < 4.78 is 10.5. The molecule has 1 N–H and O–H groups in total. The summed E-state index contributed by atoms with van der Waals surface area (Å²) >= 11 is 7.17. The molecule has 1 aliphatic heterocycles. The van der Waals surface area contributed by atoms with Crippen LogP contribution in [0.15, 0.2) is 63.7 Å². The van der Waals surface area contributed by atoms with E-state index in [1.807, 2.05) is 17.0 Å². The normalized spacial score (nSPS) is 14.3. The molecule has 1 saturated heterocycles. The van der Waals surface area contributed by atoms with Crippen LogP contribution in [-0.4, -0.2) is 57.9 Å². The summed E-state index contributed by atoms with van der Waals surface area (Å²) in [7, 11) is 0. The first-order chi connectivity index (χ1) is 16.5. The Morgan fingerprint density at radius 2 is 1.85 bits per heavy atom. The third-order valence-corrected chi connectivity index (χ3v) is 6.63. The third kappa shape index (κ3) is 5.04. The second kappa shape index (κ2) is 9.80. The molecule has 174 valence electrons. The maximum Gasteiger partial charge on any atom is 0.291 e. The van der Waals surface area contributed by atoms with Gasteiger partial charge < -0.3 is 19.2 Å². The Labute approximate surface area is 203 Å². The predicted octanol–water partition coefficient (Wildman–Crippen LogP) is 4.25. The van der Waals surface area contributed by atoms with Crippen LogP contribution in [0.1, 0.15) is 26.1 Å². The number of rotatable bonds is 6. The van der Waals surface area contributed by atoms with Gasteiger partial charge in [0.05, 0.1) is 22.7 Å². The first-order valence-corrected chi connectivity index (χ1v) is 11.8. The van der Waals surface area contributed by atoms with Crippen molar-refractivity contribution in [1.29, 1.82) is 0 Å². The first-order valence-electron chi connectivity index (χ1n) is 10.6. The van der Waals surface area contributed by atoms with Gasteiger partial charge in [0, 0.05) is 36.8 Å². The SMILES string of the molecule is O=C(Nc1ccc(C(=O)N2CCN(Cc3nc(-c4ccc(Cl)cc4)no3)CC2)s1)c1ccco1. The van der Waals surface area contributed by atoms with E-state index in [0.717, 1.165) is 5.56 Å². The van der Waals surface area contributed by atoms with Gasteiger partial charge in [-0.1, -0.05) is 16.8 Å². The Bertz CT molecular complexity index is 1280. The van der Waals surface area contributed by atoms with Crippen molar-refractivity contribution < 1.29 is 18.5 Å². The van der Waals surface area contributed by atoms with E-state index in [4.69, 9.17) is 20.5 Å². The van der Waals surface area contributed by atoms with E-state index in [2.05, 4.69) is 20.4 Å². The van der Waals surface area contributed by atoms with Gasteiger partial charge in [-0.05, 0) is 48.5 Å². The number of aromatic nitrogens is 2. The summed E-state index contributed by atoms with van der Waals surface area (Å²) in [5.41, 5.74) is 0.838. The van der Waals surface area contributed by atoms with Crippen LogP contribution in [-0.2, 0) is 6.54 Å². The zero-order valence-corrected chi connectivity index (χ0v) is 19.5. The Balaban J connectivity index is 1.13. The number of thiophene rings is 1. The number of halogens is 1. The molecule has 0 atom stereocenters. The molecule has 34 heavy (non-hydrogen) atoms. The molecule has 4 heterocycles. The lowest BCUT2D eigenvalue weighted by molar-refractivity contribution is 0.0619. The average Bonchev–Trinajstić information content (AvgIpc) is 3.62. The number of carbonyl (C=O) groups is 2. The predicted molar refractivity (Wildman–Crippen MR) is 127 cm³/mol. The van der Waals surface area contributed by atoms with E-state index in [0.29, 0.717) is 59.3 Å². The van der Waals surface area contributed by atoms with Crippen molar-refractivity contribution in [3.8, 4) is 11.4 Å². The zero-order valence-electron chi connectivity index (χ0n) is 17.9. The van der Waals surface area contributed by atoms with Gasteiger partial charge in [0.25, 0.3) is 11.8 Å². The second-order valence-electron chi connectivity index (χ2n) is 7.68. The molecule has 0 saturated carbocycles. The number of furan rings is 1. The summed E-state index contributed by atoms with van der Waals surface area (Å²) in [4.78, 5) is 34.1. The minimum Gasteiger partial charge on any atom is -0.459 e. The van der Waals surface area contributed by atoms with Crippen molar-refractivity contribution in [2.24, 2.45) is 0 Å². The summed E-state index contributed by atoms with van der Waals surface area (Å²) in [6.45, 7) is 3.08. The van der Waals surface area contributed by atoms with E-state index < -0.39 is 0 Å². The molecule has 0 aliphatic carbocycles. The Hall–Kier alpha value is -3.47. The average molecular weight is 498 g/mol. The molecule has 11 heteroatoms. The van der Waals surface area contributed by atoms with Crippen LogP contribution in [0.4, 0.5) is 5.00 Å². The number of piperazine rings is 1. The van der Waals surface area contributed by atoms with Gasteiger partial charge in [0.2, 0.25) is 11.7 Å². The largest absolute Gasteiger partial charge is 0.459 e. The topological polar surface area (TPSA) is 105 Å². The summed E-state index contributed by atoms with van der Waals surface area (Å²) in [6.07, 6.45) is 1.44. The highest BCUT2D eigenvalue weighted by atomic mass is 35.5. The fraction of sp³-hybridized carbons (Fsp3) is 0.217. The number of hydrogen-bond acceptors (Lipinski definition) is 8. The van der Waals surface area contributed by atoms with Crippen LogP contribution < -0.4 is 5.32 Å². The fourth-order valence-corrected chi connectivity index (χ4v) is 4.59. The molecule has 0 unspecified atom stereocenters. The molecule has 0 radical (unpaired) electrons. The van der Waals surface area contributed by atoms with Crippen molar-refractivity contribution in [3.63, 3.8) is 0 Å². The van der Waals surface area contributed by atoms with Gasteiger partial charge in [-0.2, -0.15) is 4.98 Å². The van der Waals surface area contributed by atoms with E-state index in [1.54, 1.807) is 36.4 Å². The number of nitrogens with one attached hydrogen (secondary N) is 1. The maximum atomic E-state index is 12.9. The fourth-order valence-electron chi connectivity index (χ4n) is 3.59. The van der Waals surface area contributed by atoms with Crippen LogP contribution in [0, 0.1) is 0 Å². The van der Waals surface area contributed by atoms with Gasteiger partial charge >= 0.3 is 0 Å². The number of carbonyl (C=O) groups excluding carboxylic acids is 2. The Morgan fingerprint density at radius 1 is 1.06 bits per heavy atom. The van der Waals surface area contributed by atoms with Gasteiger partial charge in [-0.25, -0.2) is 0 Å². The number of benzene rings is 1.